The van der Waals surface area contributed by atoms with Crippen LogP contribution in [0.3, 0.4) is 0 Å². The van der Waals surface area contributed by atoms with Crippen LogP contribution in [0.15, 0.2) is 39.1 Å². The molecule has 0 radical (unpaired) electrons. The van der Waals surface area contributed by atoms with E-state index < -0.39 is 10.0 Å². The van der Waals surface area contributed by atoms with Gasteiger partial charge in [-0.1, -0.05) is 0 Å². The molecule has 2 aromatic heterocycles. The Morgan fingerprint density at radius 3 is 2.90 bits per heavy atom. The molecule has 0 bridgehead atoms. The Hall–Kier alpha value is -0.960. The topological polar surface area (TPSA) is 71.1 Å². The molecule has 0 unspecified atom stereocenters. The van der Waals surface area contributed by atoms with E-state index >= 15 is 0 Å². The summed E-state index contributed by atoms with van der Waals surface area (Å²) >= 11 is 4.74. The SMILES string of the molecule is O=S(=O)(Nc1ncccc1Br)c1ccsc1CNC1CC1. The van der Waals surface area contributed by atoms with Gasteiger partial charge in [0.1, 0.15) is 4.90 Å². The van der Waals surface area contributed by atoms with Crippen molar-refractivity contribution in [1.82, 2.24) is 10.3 Å². The molecular weight excluding hydrogens is 374 g/mol. The minimum absolute atomic E-state index is 0.296. The number of nitrogens with one attached hydrogen (secondary N) is 2. The van der Waals surface area contributed by atoms with Crippen LogP contribution in [-0.4, -0.2) is 19.4 Å². The van der Waals surface area contributed by atoms with Crippen molar-refractivity contribution in [2.75, 3.05) is 4.72 Å². The van der Waals surface area contributed by atoms with Crippen LogP contribution in [-0.2, 0) is 16.6 Å². The molecule has 5 nitrogen and oxygen atoms in total. The second-order valence-electron chi connectivity index (χ2n) is 4.80. The van der Waals surface area contributed by atoms with Gasteiger partial charge in [-0.2, -0.15) is 0 Å². The van der Waals surface area contributed by atoms with Crippen LogP contribution in [0.1, 0.15) is 17.7 Å². The Balaban J connectivity index is 1.81. The molecule has 2 heterocycles. The molecule has 8 heteroatoms. The lowest BCUT2D eigenvalue weighted by Gasteiger charge is -2.09. The maximum absolute atomic E-state index is 12.5. The first kappa shape index (κ1) is 15.0. The quantitative estimate of drug-likeness (QED) is 0.798. The molecule has 0 atom stereocenters. The maximum Gasteiger partial charge on any atom is 0.264 e. The molecule has 2 aromatic rings. The minimum Gasteiger partial charge on any atom is -0.309 e. The van der Waals surface area contributed by atoms with Crippen LogP contribution in [0.4, 0.5) is 5.82 Å². The molecule has 0 spiro atoms. The lowest BCUT2D eigenvalue weighted by Crippen LogP contribution is -2.19. The first-order valence-electron chi connectivity index (χ1n) is 6.49. The second kappa shape index (κ2) is 6.04. The van der Waals surface area contributed by atoms with Crippen molar-refractivity contribution in [1.29, 1.82) is 0 Å². The predicted molar refractivity (Wildman–Crippen MR) is 86.9 cm³/mol. The summed E-state index contributed by atoms with van der Waals surface area (Å²) in [4.78, 5) is 5.18. The molecule has 2 N–H and O–H groups in total. The lowest BCUT2D eigenvalue weighted by molar-refractivity contribution is 0.598. The molecular formula is C13H14BrN3O2S2. The van der Waals surface area contributed by atoms with E-state index in [4.69, 9.17) is 0 Å². The summed E-state index contributed by atoms with van der Waals surface area (Å²) in [6, 6.07) is 5.65. The number of hydrogen-bond acceptors (Lipinski definition) is 5. The molecule has 3 rings (SSSR count). The molecule has 21 heavy (non-hydrogen) atoms. The Kier molecular flexibility index (Phi) is 4.30. The molecule has 0 amide bonds. The number of halogens is 1. The van der Waals surface area contributed by atoms with E-state index in [9.17, 15) is 8.42 Å². The molecule has 0 aliphatic heterocycles. The van der Waals surface area contributed by atoms with Gasteiger partial charge in [0.05, 0.1) is 4.47 Å². The third-order valence-electron chi connectivity index (χ3n) is 3.11. The van der Waals surface area contributed by atoms with Gasteiger partial charge in [-0.05, 0) is 52.4 Å². The lowest BCUT2D eigenvalue weighted by atomic mass is 10.4. The summed E-state index contributed by atoms with van der Waals surface area (Å²) in [6.45, 7) is 0.585. The van der Waals surface area contributed by atoms with Crippen molar-refractivity contribution in [3.05, 3.63) is 39.1 Å². The van der Waals surface area contributed by atoms with Gasteiger partial charge in [-0.25, -0.2) is 13.4 Å². The number of pyridine rings is 1. The van der Waals surface area contributed by atoms with Crippen molar-refractivity contribution in [3.8, 4) is 0 Å². The molecule has 1 saturated carbocycles. The Bertz CT molecular complexity index is 741. The average molecular weight is 388 g/mol. The van der Waals surface area contributed by atoms with Crippen molar-refractivity contribution in [3.63, 3.8) is 0 Å². The van der Waals surface area contributed by atoms with E-state index in [2.05, 4.69) is 31.0 Å². The number of anilines is 1. The van der Waals surface area contributed by atoms with Crippen molar-refractivity contribution >= 4 is 43.1 Å². The maximum atomic E-state index is 12.5. The third kappa shape index (κ3) is 3.63. The number of sulfonamides is 1. The normalized spacial score (nSPS) is 15.1. The summed E-state index contributed by atoms with van der Waals surface area (Å²) in [7, 11) is -3.62. The monoisotopic (exact) mass is 387 g/mol. The number of nitrogens with zero attached hydrogens (tertiary/aromatic N) is 1. The Morgan fingerprint density at radius 2 is 2.19 bits per heavy atom. The van der Waals surface area contributed by atoms with Crippen molar-refractivity contribution in [2.24, 2.45) is 0 Å². The highest BCUT2D eigenvalue weighted by Crippen LogP contribution is 2.27. The van der Waals surface area contributed by atoms with Crippen molar-refractivity contribution in [2.45, 2.75) is 30.3 Å². The van der Waals surface area contributed by atoms with Gasteiger partial charge in [0.2, 0.25) is 0 Å². The molecule has 112 valence electrons. The smallest absolute Gasteiger partial charge is 0.264 e. The highest BCUT2D eigenvalue weighted by atomic mass is 79.9. The number of thiophene rings is 1. The predicted octanol–water partition coefficient (Wildman–Crippen LogP) is 2.96. The van der Waals surface area contributed by atoms with Crippen LogP contribution in [0.5, 0.6) is 0 Å². The zero-order valence-electron chi connectivity index (χ0n) is 11.0. The number of aromatic nitrogens is 1. The second-order valence-corrected chi connectivity index (χ2v) is 8.31. The van der Waals surface area contributed by atoms with Crippen LogP contribution < -0.4 is 10.0 Å². The standard InChI is InChI=1S/C13H14BrN3O2S2/c14-10-2-1-6-15-13(10)17-21(18,19)12-5-7-20-11(12)8-16-9-3-4-9/h1-2,5-7,9,16H,3-4,8H2,(H,15,17). The van der Waals surface area contributed by atoms with Gasteiger partial charge in [-0.3, -0.25) is 4.72 Å². The summed E-state index contributed by atoms with van der Waals surface area (Å²) in [6.07, 6.45) is 3.89. The van der Waals surface area contributed by atoms with E-state index in [1.54, 1.807) is 29.8 Å². The summed E-state index contributed by atoms with van der Waals surface area (Å²) < 4.78 is 28.1. The highest BCUT2D eigenvalue weighted by Gasteiger charge is 2.24. The van der Waals surface area contributed by atoms with E-state index in [1.807, 2.05) is 0 Å². The largest absolute Gasteiger partial charge is 0.309 e. The average Bonchev–Trinajstić information content (AvgIpc) is 3.15. The van der Waals surface area contributed by atoms with Crippen LogP contribution in [0.2, 0.25) is 0 Å². The van der Waals surface area contributed by atoms with Crippen LogP contribution in [0.25, 0.3) is 0 Å². The number of rotatable bonds is 6. The molecule has 1 fully saturated rings. The minimum atomic E-state index is -3.62. The number of hydrogen-bond donors (Lipinski definition) is 2. The van der Waals surface area contributed by atoms with Gasteiger partial charge in [-0.15, -0.1) is 11.3 Å². The molecule has 1 aliphatic rings. The summed E-state index contributed by atoms with van der Waals surface area (Å²) in [5, 5.41) is 5.14. The third-order valence-corrected chi connectivity index (χ3v) is 6.23. The molecule has 0 saturated heterocycles. The van der Waals surface area contributed by atoms with E-state index in [1.165, 1.54) is 24.2 Å². The van der Waals surface area contributed by atoms with Crippen molar-refractivity contribution < 1.29 is 8.42 Å². The zero-order chi connectivity index (χ0) is 14.9. The van der Waals surface area contributed by atoms with E-state index in [0.29, 0.717) is 27.8 Å². The van der Waals surface area contributed by atoms with Crippen LogP contribution >= 0.6 is 27.3 Å². The fourth-order valence-corrected chi connectivity index (χ4v) is 4.78. The molecule has 0 aromatic carbocycles. The summed E-state index contributed by atoms with van der Waals surface area (Å²) in [5.74, 6) is 0.296. The van der Waals surface area contributed by atoms with E-state index in [0.717, 1.165) is 4.88 Å². The van der Waals surface area contributed by atoms with Gasteiger partial charge in [0, 0.05) is 23.7 Å². The fraction of sp³-hybridized carbons (Fsp3) is 0.308. The fourth-order valence-electron chi connectivity index (χ4n) is 1.86. The van der Waals surface area contributed by atoms with Gasteiger partial charge >= 0.3 is 0 Å². The van der Waals surface area contributed by atoms with Gasteiger partial charge in [0.25, 0.3) is 10.0 Å². The van der Waals surface area contributed by atoms with E-state index in [-0.39, 0.29) is 0 Å². The van der Waals surface area contributed by atoms with Gasteiger partial charge in [0.15, 0.2) is 5.82 Å². The first-order valence-corrected chi connectivity index (χ1v) is 9.65. The Morgan fingerprint density at radius 1 is 1.38 bits per heavy atom. The molecule has 1 aliphatic carbocycles. The summed E-state index contributed by atoms with van der Waals surface area (Å²) in [5.41, 5.74) is 0. The highest BCUT2D eigenvalue weighted by molar-refractivity contribution is 9.10. The first-order chi connectivity index (χ1) is 10.1. The van der Waals surface area contributed by atoms with Gasteiger partial charge < -0.3 is 5.32 Å². The van der Waals surface area contributed by atoms with Crippen LogP contribution in [0, 0.1) is 0 Å². The zero-order valence-corrected chi connectivity index (χ0v) is 14.3. The Labute approximate surface area is 136 Å².